The van der Waals surface area contributed by atoms with Crippen LogP contribution in [0.25, 0.3) is 16.7 Å². The highest BCUT2D eigenvalue weighted by atomic mass is 16.7. The molecule has 3 heterocycles. The number of aryl methyl sites for hydroxylation is 1. The SMILES string of the molecule is CCOc1cc2c(OCOC)nc(Cc3ccc(-n4ccc(C)c4)nc3)nc2cc1OC. The Morgan fingerprint density at radius 2 is 1.88 bits per heavy atom. The van der Waals surface area contributed by atoms with Crippen LogP contribution in [0.15, 0.2) is 48.9 Å². The second-order valence-electron chi connectivity index (χ2n) is 7.25. The third-order valence-corrected chi connectivity index (χ3v) is 4.88. The molecule has 0 N–H and O–H groups in total. The van der Waals surface area contributed by atoms with E-state index in [0.29, 0.717) is 41.7 Å². The molecule has 166 valence electrons. The van der Waals surface area contributed by atoms with E-state index in [1.165, 1.54) is 5.56 Å². The maximum Gasteiger partial charge on any atom is 0.227 e. The number of nitrogens with zero attached hydrogens (tertiary/aromatic N) is 4. The van der Waals surface area contributed by atoms with Gasteiger partial charge in [0.05, 0.1) is 24.6 Å². The highest BCUT2D eigenvalue weighted by molar-refractivity contribution is 5.87. The third-order valence-electron chi connectivity index (χ3n) is 4.88. The molecule has 0 aliphatic rings. The highest BCUT2D eigenvalue weighted by Gasteiger charge is 2.15. The minimum absolute atomic E-state index is 0.0775. The number of hydrogen-bond donors (Lipinski definition) is 0. The summed E-state index contributed by atoms with van der Waals surface area (Å²) in [6.07, 6.45) is 6.38. The number of aromatic nitrogens is 4. The lowest BCUT2D eigenvalue weighted by molar-refractivity contribution is 0.0488. The molecule has 0 bridgehead atoms. The molecular formula is C24H26N4O4. The van der Waals surface area contributed by atoms with Gasteiger partial charge in [-0.2, -0.15) is 4.98 Å². The number of rotatable bonds is 9. The Hall–Kier alpha value is -3.65. The zero-order chi connectivity index (χ0) is 22.5. The van der Waals surface area contributed by atoms with E-state index in [-0.39, 0.29) is 6.79 Å². The Labute approximate surface area is 186 Å². The Morgan fingerprint density at radius 3 is 2.53 bits per heavy atom. The van der Waals surface area contributed by atoms with E-state index in [2.05, 4.69) is 16.9 Å². The molecule has 0 atom stereocenters. The van der Waals surface area contributed by atoms with Crippen LogP contribution in [0.4, 0.5) is 0 Å². The van der Waals surface area contributed by atoms with E-state index >= 15 is 0 Å². The summed E-state index contributed by atoms with van der Waals surface area (Å²) in [6, 6.07) is 9.73. The van der Waals surface area contributed by atoms with Crippen LogP contribution in [0.5, 0.6) is 17.4 Å². The first-order valence-electron chi connectivity index (χ1n) is 10.3. The average molecular weight is 434 g/mol. The van der Waals surface area contributed by atoms with Crippen molar-refractivity contribution >= 4 is 10.9 Å². The fourth-order valence-electron chi connectivity index (χ4n) is 3.39. The van der Waals surface area contributed by atoms with Gasteiger partial charge in [0.2, 0.25) is 5.88 Å². The van der Waals surface area contributed by atoms with Gasteiger partial charge >= 0.3 is 0 Å². The van der Waals surface area contributed by atoms with Crippen molar-refractivity contribution in [1.29, 1.82) is 0 Å². The molecule has 4 aromatic rings. The molecule has 0 aliphatic carbocycles. The second-order valence-corrected chi connectivity index (χ2v) is 7.25. The number of benzene rings is 1. The summed E-state index contributed by atoms with van der Waals surface area (Å²) >= 11 is 0. The van der Waals surface area contributed by atoms with Gasteiger partial charge in [-0.1, -0.05) is 6.07 Å². The lowest BCUT2D eigenvalue weighted by Gasteiger charge is -2.14. The predicted octanol–water partition coefficient (Wildman–Crippen LogP) is 4.10. The van der Waals surface area contributed by atoms with Crippen LogP contribution in [0.2, 0.25) is 0 Å². The van der Waals surface area contributed by atoms with Crippen molar-refractivity contribution in [2.24, 2.45) is 0 Å². The molecular weight excluding hydrogens is 408 g/mol. The van der Waals surface area contributed by atoms with Crippen LogP contribution in [0.1, 0.15) is 23.9 Å². The summed E-state index contributed by atoms with van der Waals surface area (Å²) in [6.45, 7) is 4.56. The highest BCUT2D eigenvalue weighted by Crippen LogP contribution is 2.35. The van der Waals surface area contributed by atoms with Crippen LogP contribution in [-0.4, -0.2) is 47.1 Å². The molecule has 1 aromatic carbocycles. The summed E-state index contributed by atoms with van der Waals surface area (Å²) in [5, 5.41) is 0.728. The van der Waals surface area contributed by atoms with Crippen LogP contribution in [-0.2, 0) is 11.2 Å². The molecule has 8 heteroatoms. The lowest BCUT2D eigenvalue weighted by atomic mass is 10.1. The van der Waals surface area contributed by atoms with Crippen molar-refractivity contribution in [3.8, 4) is 23.2 Å². The quantitative estimate of drug-likeness (QED) is 0.367. The normalized spacial score (nSPS) is 11.0. The topological polar surface area (TPSA) is 80.5 Å². The van der Waals surface area contributed by atoms with Gasteiger partial charge in [-0.25, -0.2) is 9.97 Å². The van der Waals surface area contributed by atoms with Crippen LogP contribution in [0, 0.1) is 6.92 Å². The van der Waals surface area contributed by atoms with E-state index in [0.717, 1.165) is 16.8 Å². The minimum Gasteiger partial charge on any atom is -0.493 e. The van der Waals surface area contributed by atoms with Gasteiger partial charge in [0.25, 0.3) is 0 Å². The predicted molar refractivity (Wildman–Crippen MR) is 121 cm³/mol. The molecule has 0 radical (unpaired) electrons. The fourth-order valence-corrected chi connectivity index (χ4v) is 3.39. The van der Waals surface area contributed by atoms with Crippen LogP contribution >= 0.6 is 0 Å². The second kappa shape index (κ2) is 9.65. The molecule has 0 unspecified atom stereocenters. The van der Waals surface area contributed by atoms with Gasteiger partial charge < -0.3 is 23.5 Å². The summed E-state index contributed by atoms with van der Waals surface area (Å²) in [5.74, 6) is 3.12. The molecule has 0 aliphatic heterocycles. The lowest BCUT2D eigenvalue weighted by Crippen LogP contribution is -2.06. The molecule has 0 saturated heterocycles. The van der Waals surface area contributed by atoms with E-state index in [4.69, 9.17) is 23.9 Å². The number of ether oxygens (including phenoxy) is 4. The van der Waals surface area contributed by atoms with Crippen molar-refractivity contribution in [3.63, 3.8) is 0 Å². The first-order chi connectivity index (χ1) is 15.6. The van der Waals surface area contributed by atoms with Gasteiger partial charge in [0.15, 0.2) is 18.3 Å². The molecule has 8 nitrogen and oxygen atoms in total. The Bertz CT molecular complexity index is 1200. The number of fused-ring (bicyclic) bond motifs is 1. The van der Waals surface area contributed by atoms with Gasteiger partial charge in [0.1, 0.15) is 11.6 Å². The first kappa shape index (κ1) is 21.6. The molecule has 0 saturated carbocycles. The fraction of sp³-hybridized carbons (Fsp3) is 0.292. The summed E-state index contributed by atoms with van der Waals surface area (Å²) in [7, 11) is 3.17. The van der Waals surface area contributed by atoms with Crippen LogP contribution < -0.4 is 14.2 Å². The van der Waals surface area contributed by atoms with E-state index < -0.39 is 0 Å². The number of pyridine rings is 1. The molecule has 32 heavy (non-hydrogen) atoms. The molecule has 0 fully saturated rings. The molecule has 3 aromatic heterocycles. The average Bonchev–Trinajstić information content (AvgIpc) is 3.24. The Balaban J connectivity index is 1.67. The van der Waals surface area contributed by atoms with Gasteiger partial charge in [-0.3, -0.25) is 0 Å². The van der Waals surface area contributed by atoms with Gasteiger partial charge in [0, 0.05) is 38.2 Å². The summed E-state index contributed by atoms with van der Waals surface area (Å²) in [4.78, 5) is 13.9. The van der Waals surface area contributed by atoms with Crippen molar-refractivity contribution in [1.82, 2.24) is 19.5 Å². The minimum atomic E-state index is 0.0775. The third kappa shape index (κ3) is 4.65. The Morgan fingerprint density at radius 1 is 1.00 bits per heavy atom. The number of hydrogen-bond acceptors (Lipinski definition) is 7. The van der Waals surface area contributed by atoms with Crippen molar-refractivity contribution in [2.45, 2.75) is 20.3 Å². The zero-order valence-corrected chi connectivity index (χ0v) is 18.7. The zero-order valence-electron chi connectivity index (χ0n) is 18.7. The van der Waals surface area contributed by atoms with Crippen molar-refractivity contribution < 1.29 is 18.9 Å². The largest absolute Gasteiger partial charge is 0.493 e. The van der Waals surface area contributed by atoms with Crippen LogP contribution in [0.3, 0.4) is 0 Å². The molecule has 4 rings (SSSR count). The number of methoxy groups -OCH3 is 2. The van der Waals surface area contributed by atoms with E-state index in [1.54, 1.807) is 14.2 Å². The summed E-state index contributed by atoms with van der Waals surface area (Å²) in [5.41, 5.74) is 2.88. The van der Waals surface area contributed by atoms with E-state index in [1.807, 2.05) is 60.4 Å². The monoisotopic (exact) mass is 434 g/mol. The smallest absolute Gasteiger partial charge is 0.227 e. The van der Waals surface area contributed by atoms with Crippen molar-refractivity contribution in [3.05, 3.63) is 65.9 Å². The first-order valence-corrected chi connectivity index (χ1v) is 10.3. The molecule has 0 spiro atoms. The maximum atomic E-state index is 5.74. The Kier molecular flexibility index (Phi) is 6.51. The van der Waals surface area contributed by atoms with E-state index in [9.17, 15) is 0 Å². The van der Waals surface area contributed by atoms with Gasteiger partial charge in [-0.05, 0) is 43.2 Å². The summed E-state index contributed by atoms with van der Waals surface area (Å²) < 4.78 is 24.0. The molecule has 0 amide bonds. The van der Waals surface area contributed by atoms with Gasteiger partial charge in [-0.15, -0.1) is 0 Å². The maximum absolute atomic E-state index is 5.74. The standard InChI is InChI=1S/C24H26N4O4/c1-5-31-21-11-18-19(12-20(21)30-4)26-22(27-24(18)32-15-29-3)10-17-6-7-23(25-13-17)28-9-8-16(2)14-28/h6-9,11-14H,5,10,15H2,1-4H3. The van der Waals surface area contributed by atoms with Crippen molar-refractivity contribution in [2.75, 3.05) is 27.6 Å².